The summed E-state index contributed by atoms with van der Waals surface area (Å²) in [4.78, 5) is 4.67. The number of hydrogen-bond donors (Lipinski definition) is 0. The summed E-state index contributed by atoms with van der Waals surface area (Å²) in [5.74, 6) is 1.15. The molecule has 5 heteroatoms. The van der Waals surface area contributed by atoms with Crippen molar-refractivity contribution in [2.75, 3.05) is 0 Å². The highest BCUT2D eigenvalue weighted by atomic mass is 16.3. The van der Waals surface area contributed by atoms with Crippen molar-refractivity contribution in [1.82, 2.24) is 19.7 Å². The number of nitrogens with zero attached hydrogens (tertiary/aromatic N) is 4. The minimum absolute atomic E-state index is 0.510. The van der Waals surface area contributed by atoms with Crippen LogP contribution < -0.4 is 0 Å². The highest BCUT2D eigenvalue weighted by Gasteiger charge is 2.12. The van der Waals surface area contributed by atoms with Crippen molar-refractivity contribution in [3.05, 3.63) is 60.2 Å². The lowest BCUT2D eigenvalue weighted by molar-refractivity contribution is 0.617. The first-order valence-corrected chi connectivity index (χ1v) is 7.98. The molecular formula is C19H18N4O. The van der Waals surface area contributed by atoms with Crippen LogP contribution in [0.3, 0.4) is 0 Å². The Hall–Kier alpha value is -2.95. The Balaban J connectivity index is 1.79. The number of aryl methyl sites for hydroxylation is 1. The average molecular weight is 318 g/mol. The molecule has 2 aromatic carbocycles. The zero-order valence-corrected chi connectivity index (χ0v) is 13.9. The summed E-state index contributed by atoms with van der Waals surface area (Å²) >= 11 is 0. The molecule has 4 aromatic rings. The van der Waals surface area contributed by atoms with Crippen LogP contribution in [0.2, 0.25) is 0 Å². The van der Waals surface area contributed by atoms with Crippen LogP contribution in [0.25, 0.3) is 28.2 Å². The van der Waals surface area contributed by atoms with Crippen LogP contribution in [0.5, 0.6) is 0 Å². The molecule has 2 aromatic heterocycles. The van der Waals surface area contributed by atoms with Gasteiger partial charge in [-0.25, -0.2) is 4.98 Å². The number of aromatic nitrogens is 4. The Morgan fingerprint density at radius 3 is 2.38 bits per heavy atom. The first-order valence-electron chi connectivity index (χ1n) is 7.98. The molecule has 0 unspecified atom stereocenters. The van der Waals surface area contributed by atoms with Gasteiger partial charge in [0, 0.05) is 5.56 Å². The number of rotatable bonds is 3. The number of oxazole rings is 1. The van der Waals surface area contributed by atoms with Crippen molar-refractivity contribution in [1.29, 1.82) is 0 Å². The quantitative estimate of drug-likeness (QED) is 0.558. The van der Waals surface area contributed by atoms with Crippen LogP contribution in [0, 0.1) is 6.92 Å². The van der Waals surface area contributed by atoms with E-state index in [1.165, 1.54) is 5.56 Å². The molecule has 0 amide bonds. The lowest BCUT2D eigenvalue weighted by atomic mass is 10.0. The molecule has 2 heterocycles. The molecule has 0 bridgehead atoms. The van der Waals surface area contributed by atoms with E-state index in [4.69, 9.17) is 4.42 Å². The minimum Gasteiger partial charge on any atom is -0.436 e. The smallest absolute Gasteiger partial charge is 0.227 e. The predicted molar refractivity (Wildman–Crippen MR) is 93.2 cm³/mol. The van der Waals surface area contributed by atoms with Gasteiger partial charge in [-0.1, -0.05) is 26.0 Å². The Kier molecular flexibility index (Phi) is 3.41. The zero-order chi connectivity index (χ0) is 16.7. The average Bonchev–Trinajstić information content (AvgIpc) is 3.24. The molecule has 0 radical (unpaired) electrons. The van der Waals surface area contributed by atoms with Gasteiger partial charge in [0.2, 0.25) is 5.89 Å². The van der Waals surface area contributed by atoms with E-state index in [1.54, 1.807) is 12.7 Å². The van der Waals surface area contributed by atoms with E-state index in [2.05, 4.69) is 53.3 Å². The third-order valence-electron chi connectivity index (χ3n) is 4.20. The van der Waals surface area contributed by atoms with Gasteiger partial charge in [0.05, 0.1) is 5.69 Å². The predicted octanol–water partition coefficient (Wildman–Crippen LogP) is 4.51. The fraction of sp³-hybridized carbons (Fsp3) is 0.211. The molecule has 0 saturated heterocycles. The fourth-order valence-electron chi connectivity index (χ4n) is 2.80. The van der Waals surface area contributed by atoms with E-state index >= 15 is 0 Å². The molecule has 24 heavy (non-hydrogen) atoms. The summed E-state index contributed by atoms with van der Waals surface area (Å²) in [7, 11) is 0. The Labute approximate surface area is 140 Å². The number of hydrogen-bond acceptors (Lipinski definition) is 4. The largest absolute Gasteiger partial charge is 0.436 e. The van der Waals surface area contributed by atoms with Crippen LogP contribution in [0.15, 0.2) is 53.5 Å². The summed E-state index contributed by atoms with van der Waals surface area (Å²) < 4.78 is 7.87. The van der Waals surface area contributed by atoms with E-state index in [0.717, 1.165) is 27.9 Å². The second-order valence-electron chi connectivity index (χ2n) is 6.28. The molecule has 0 spiro atoms. The Bertz CT molecular complexity index is 982. The topological polar surface area (TPSA) is 56.7 Å². The summed E-state index contributed by atoms with van der Waals surface area (Å²) in [5, 5.41) is 7.71. The lowest BCUT2D eigenvalue weighted by Crippen LogP contribution is -1.91. The van der Waals surface area contributed by atoms with Crippen molar-refractivity contribution in [2.45, 2.75) is 26.7 Å². The van der Waals surface area contributed by atoms with Gasteiger partial charge in [-0.2, -0.15) is 0 Å². The third kappa shape index (κ3) is 2.48. The van der Waals surface area contributed by atoms with Gasteiger partial charge in [-0.3, -0.25) is 4.57 Å². The van der Waals surface area contributed by atoms with Gasteiger partial charge >= 0.3 is 0 Å². The first kappa shape index (κ1) is 14.6. The molecule has 0 aliphatic rings. The Morgan fingerprint density at radius 1 is 1.00 bits per heavy atom. The Morgan fingerprint density at radius 2 is 1.71 bits per heavy atom. The van der Waals surface area contributed by atoms with Crippen molar-refractivity contribution in [2.24, 2.45) is 0 Å². The maximum absolute atomic E-state index is 6.01. The number of fused-ring (bicyclic) bond motifs is 1. The standard InChI is InChI=1S/C19H18N4O/c1-12(2)14-4-6-15(7-5-14)19-22-17-9-16(23-10-20-21-11-23)8-13(3)18(17)24-19/h4-12H,1-3H3. The highest BCUT2D eigenvalue weighted by molar-refractivity contribution is 5.81. The maximum atomic E-state index is 6.01. The molecule has 120 valence electrons. The SMILES string of the molecule is Cc1cc(-n2cnnc2)cc2nc(-c3ccc(C(C)C)cc3)oc12. The molecule has 0 aliphatic heterocycles. The normalized spacial score (nSPS) is 11.5. The fourth-order valence-corrected chi connectivity index (χ4v) is 2.80. The zero-order valence-electron chi connectivity index (χ0n) is 13.9. The van der Waals surface area contributed by atoms with E-state index in [9.17, 15) is 0 Å². The van der Waals surface area contributed by atoms with E-state index in [0.29, 0.717) is 11.8 Å². The van der Waals surface area contributed by atoms with Crippen molar-refractivity contribution in [3.63, 3.8) is 0 Å². The monoisotopic (exact) mass is 318 g/mol. The van der Waals surface area contributed by atoms with Gasteiger partial charge in [0.25, 0.3) is 0 Å². The summed E-state index contributed by atoms with van der Waals surface area (Å²) in [6, 6.07) is 12.4. The summed E-state index contributed by atoms with van der Waals surface area (Å²) in [6.45, 7) is 6.39. The van der Waals surface area contributed by atoms with Gasteiger partial charge in [0.1, 0.15) is 18.2 Å². The molecule has 4 rings (SSSR count). The molecular weight excluding hydrogens is 300 g/mol. The van der Waals surface area contributed by atoms with Crippen LogP contribution in [0.4, 0.5) is 0 Å². The van der Waals surface area contributed by atoms with Crippen molar-refractivity contribution < 1.29 is 4.42 Å². The molecule has 0 fully saturated rings. The van der Waals surface area contributed by atoms with Gasteiger partial charge in [-0.05, 0) is 48.2 Å². The summed E-state index contributed by atoms with van der Waals surface area (Å²) in [5.41, 5.74) is 5.95. The highest BCUT2D eigenvalue weighted by Crippen LogP contribution is 2.29. The van der Waals surface area contributed by atoms with Crippen LogP contribution >= 0.6 is 0 Å². The molecule has 0 saturated carbocycles. The number of benzene rings is 2. The van der Waals surface area contributed by atoms with Crippen LogP contribution in [0.1, 0.15) is 30.9 Å². The van der Waals surface area contributed by atoms with Crippen LogP contribution in [-0.2, 0) is 0 Å². The lowest BCUT2D eigenvalue weighted by Gasteiger charge is -2.04. The first-order chi connectivity index (χ1) is 11.6. The third-order valence-corrected chi connectivity index (χ3v) is 4.20. The maximum Gasteiger partial charge on any atom is 0.227 e. The van der Waals surface area contributed by atoms with E-state index in [1.807, 2.05) is 23.6 Å². The van der Waals surface area contributed by atoms with Gasteiger partial charge < -0.3 is 4.42 Å². The minimum atomic E-state index is 0.510. The van der Waals surface area contributed by atoms with Crippen molar-refractivity contribution >= 4 is 11.1 Å². The molecule has 0 aliphatic carbocycles. The molecule has 5 nitrogen and oxygen atoms in total. The second-order valence-corrected chi connectivity index (χ2v) is 6.28. The van der Waals surface area contributed by atoms with E-state index < -0.39 is 0 Å². The van der Waals surface area contributed by atoms with Crippen molar-refractivity contribution in [3.8, 4) is 17.1 Å². The van der Waals surface area contributed by atoms with Gasteiger partial charge in [0.15, 0.2) is 5.58 Å². The van der Waals surface area contributed by atoms with Gasteiger partial charge in [-0.15, -0.1) is 10.2 Å². The second kappa shape index (κ2) is 5.60. The molecule has 0 N–H and O–H groups in total. The molecule has 0 atom stereocenters. The van der Waals surface area contributed by atoms with Crippen LogP contribution in [-0.4, -0.2) is 19.7 Å². The summed E-state index contributed by atoms with van der Waals surface area (Å²) in [6.07, 6.45) is 3.35. The van der Waals surface area contributed by atoms with E-state index in [-0.39, 0.29) is 0 Å².